The van der Waals surface area contributed by atoms with Crippen LogP contribution in [0.4, 0.5) is 0 Å². The number of aryl methyl sites for hydroxylation is 1. The Hall–Kier alpha value is -1.68. The minimum Gasteiger partial charge on any atom is -0.467 e. The zero-order chi connectivity index (χ0) is 17.0. The Morgan fingerprint density at radius 2 is 2.00 bits per heavy atom. The maximum Gasteiger partial charge on any atom is 0.233 e. The van der Waals surface area contributed by atoms with Crippen LogP contribution in [0.2, 0.25) is 0 Å². The second-order valence-corrected chi connectivity index (χ2v) is 7.87. The van der Waals surface area contributed by atoms with E-state index in [1.54, 1.807) is 22.9 Å². The van der Waals surface area contributed by atoms with Gasteiger partial charge in [-0.2, -0.15) is 0 Å². The molecule has 0 aliphatic heterocycles. The Morgan fingerprint density at radius 1 is 1.26 bits per heavy atom. The maximum absolute atomic E-state index is 12.3. The van der Waals surface area contributed by atoms with Crippen LogP contribution < -0.4 is 0 Å². The molecule has 4 heteroatoms. The summed E-state index contributed by atoms with van der Waals surface area (Å²) in [7, 11) is 1.81. The van der Waals surface area contributed by atoms with Gasteiger partial charge in [-0.1, -0.05) is 32.9 Å². The fourth-order valence-electron chi connectivity index (χ4n) is 2.20. The average Bonchev–Trinajstić information content (AvgIpc) is 2.97. The molecule has 0 radical (unpaired) electrons. The predicted octanol–water partition coefficient (Wildman–Crippen LogP) is 4.64. The second-order valence-electron chi connectivity index (χ2n) is 6.85. The molecule has 23 heavy (non-hydrogen) atoms. The lowest BCUT2D eigenvalue weighted by Crippen LogP contribution is -2.27. The third kappa shape index (κ3) is 4.90. The van der Waals surface area contributed by atoms with E-state index >= 15 is 0 Å². The van der Waals surface area contributed by atoms with Crippen molar-refractivity contribution in [3.05, 3.63) is 53.5 Å². The standard InChI is InChI=1S/C19H25NO2S/c1-14-8-9-15(19(2,3)4)11-17(14)23-13-18(21)20(5)12-16-7-6-10-22-16/h6-11H,12-13H2,1-5H3. The number of amides is 1. The molecule has 1 heterocycles. The van der Waals surface area contributed by atoms with Gasteiger partial charge < -0.3 is 9.32 Å². The van der Waals surface area contributed by atoms with Gasteiger partial charge in [-0.25, -0.2) is 0 Å². The van der Waals surface area contributed by atoms with Crippen molar-refractivity contribution >= 4 is 17.7 Å². The Labute approximate surface area is 143 Å². The van der Waals surface area contributed by atoms with E-state index in [1.807, 2.05) is 19.2 Å². The molecule has 0 aliphatic rings. The predicted molar refractivity (Wildman–Crippen MR) is 95.8 cm³/mol. The van der Waals surface area contributed by atoms with Crippen molar-refractivity contribution in [2.45, 2.75) is 44.6 Å². The Balaban J connectivity index is 1.98. The lowest BCUT2D eigenvalue weighted by atomic mass is 9.87. The molecule has 1 amide bonds. The molecule has 0 saturated carbocycles. The smallest absolute Gasteiger partial charge is 0.233 e. The summed E-state index contributed by atoms with van der Waals surface area (Å²) >= 11 is 1.60. The zero-order valence-electron chi connectivity index (χ0n) is 14.6. The minimum atomic E-state index is 0.104. The summed E-state index contributed by atoms with van der Waals surface area (Å²) in [4.78, 5) is 15.2. The van der Waals surface area contributed by atoms with Gasteiger partial charge in [0.1, 0.15) is 5.76 Å². The van der Waals surface area contributed by atoms with Gasteiger partial charge in [-0.05, 0) is 41.7 Å². The van der Waals surface area contributed by atoms with Crippen molar-refractivity contribution < 1.29 is 9.21 Å². The topological polar surface area (TPSA) is 33.5 Å². The summed E-state index contributed by atoms with van der Waals surface area (Å²) in [5.41, 5.74) is 2.62. The Kier molecular flexibility index (Phi) is 5.58. The van der Waals surface area contributed by atoms with E-state index in [-0.39, 0.29) is 11.3 Å². The summed E-state index contributed by atoms with van der Waals surface area (Å²) in [6.07, 6.45) is 1.63. The molecule has 0 spiro atoms. The SMILES string of the molecule is Cc1ccc(C(C)(C)C)cc1SCC(=O)N(C)Cc1ccco1. The van der Waals surface area contributed by atoms with Crippen LogP contribution in [0.15, 0.2) is 45.9 Å². The van der Waals surface area contributed by atoms with Crippen LogP contribution in [0.5, 0.6) is 0 Å². The van der Waals surface area contributed by atoms with E-state index in [0.29, 0.717) is 12.3 Å². The van der Waals surface area contributed by atoms with Crippen LogP contribution >= 0.6 is 11.8 Å². The highest BCUT2D eigenvalue weighted by Gasteiger charge is 2.16. The van der Waals surface area contributed by atoms with Gasteiger partial charge in [-0.15, -0.1) is 11.8 Å². The highest BCUT2D eigenvalue weighted by Crippen LogP contribution is 2.29. The van der Waals surface area contributed by atoms with Crippen LogP contribution in [-0.4, -0.2) is 23.6 Å². The van der Waals surface area contributed by atoms with Crippen molar-refractivity contribution in [2.75, 3.05) is 12.8 Å². The molecule has 0 bridgehead atoms. The number of carbonyl (C=O) groups excluding carboxylic acids is 1. The molecule has 0 aliphatic carbocycles. The van der Waals surface area contributed by atoms with Crippen molar-refractivity contribution in [3.8, 4) is 0 Å². The first-order chi connectivity index (χ1) is 10.8. The molecule has 0 atom stereocenters. The van der Waals surface area contributed by atoms with Gasteiger partial charge >= 0.3 is 0 Å². The highest BCUT2D eigenvalue weighted by molar-refractivity contribution is 8.00. The molecule has 3 nitrogen and oxygen atoms in total. The minimum absolute atomic E-state index is 0.104. The monoisotopic (exact) mass is 331 g/mol. The van der Waals surface area contributed by atoms with E-state index in [1.165, 1.54) is 16.0 Å². The molecule has 0 fully saturated rings. The van der Waals surface area contributed by atoms with Crippen molar-refractivity contribution in [1.82, 2.24) is 4.90 Å². The van der Waals surface area contributed by atoms with Crippen LogP contribution in [0.25, 0.3) is 0 Å². The maximum atomic E-state index is 12.3. The number of hydrogen-bond acceptors (Lipinski definition) is 3. The summed E-state index contributed by atoms with van der Waals surface area (Å²) in [6.45, 7) is 9.20. The normalized spacial score (nSPS) is 11.5. The van der Waals surface area contributed by atoms with Crippen molar-refractivity contribution in [2.24, 2.45) is 0 Å². The lowest BCUT2D eigenvalue weighted by molar-refractivity contribution is -0.127. The van der Waals surface area contributed by atoms with Gasteiger partial charge in [0.2, 0.25) is 5.91 Å². The molecular weight excluding hydrogens is 306 g/mol. The number of hydrogen-bond donors (Lipinski definition) is 0. The first-order valence-corrected chi connectivity index (χ1v) is 8.76. The number of benzene rings is 1. The van der Waals surface area contributed by atoms with E-state index < -0.39 is 0 Å². The first-order valence-electron chi connectivity index (χ1n) is 7.77. The third-order valence-electron chi connectivity index (χ3n) is 3.80. The summed E-state index contributed by atoms with van der Waals surface area (Å²) < 4.78 is 5.29. The lowest BCUT2D eigenvalue weighted by Gasteiger charge is -2.21. The van der Waals surface area contributed by atoms with E-state index in [0.717, 1.165) is 5.76 Å². The van der Waals surface area contributed by atoms with Crippen LogP contribution in [-0.2, 0) is 16.8 Å². The number of nitrogens with zero attached hydrogens (tertiary/aromatic N) is 1. The number of thioether (sulfide) groups is 1. The number of carbonyl (C=O) groups is 1. The average molecular weight is 331 g/mol. The van der Waals surface area contributed by atoms with Gasteiger partial charge in [-0.3, -0.25) is 4.79 Å². The molecule has 2 rings (SSSR count). The molecule has 0 N–H and O–H groups in total. The summed E-state index contributed by atoms with van der Waals surface area (Å²) in [5.74, 6) is 1.34. The molecule has 124 valence electrons. The van der Waals surface area contributed by atoms with E-state index in [9.17, 15) is 4.79 Å². The van der Waals surface area contributed by atoms with Crippen LogP contribution in [0, 0.1) is 6.92 Å². The van der Waals surface area contributed by atoms with Crippen LogP contribution in [0.3, 0.4) is 0 Å². The largest absolute Gasteiger partial charge is 0.467 e. The van der Waals surface area contributed by atoms with E-state index in [2.05, 4.69) is 45.9 Å². The van der Waals surface area contributed by atoms with Gasteiger partial charge in [0.15, 0.2) is 0 Å². The van der Waals surface area contributed by atoms with Gasteiger partial charge in [0.25, 0.3) is 0 Å². The van der Waals surface area contributed by atoms with Crippen molar-refractivity contribution in [1.29, 1.82) is 0 Å². The number of furan rings is 1. The molecular formula is C19H25NO2S. The quantitative estimate of drug-likeness (QED) is 0.749. The first kappa shape index (κ1) is 17.7. The molecule has 1 aromatic heterocycles. The Bertz CT molecular complexity index is 657. The summed E-state index contributed by atoms with van der Waals surface area (Å²) in [5, 5.41) is 0. The number of rotatable bonds is 5. The third-order valence-corrected chi connectivity index (χ3v) is 4.95. The van der Waals surface area contributed by atoms with Gasteiger partial charge in [0, 0.05) is 11.9 Å². The summed E-state index contributed by atoms with van der Waals surface area (Å²) in [6, 6.07) is 10.2. The fourth-order valence-corrected chi connectivity index (χ4v) is 3.20. The van der Waals surface area contributed by atoms with E-state index in [4.69, 9.17) is 4.42 Å². The molecule has 2 aromatic rings. The van der Waals surface area contributed by atoms with Crippen molar-refractivity contribution in [3.63, 3.8) is 0 Å². The highest BCUT2D eigenvalue weighted by atomic mass is 32.2. The zero-order valence-corrected chi connectivity index (χ0v) is 15.4. The second kappa shape index (κ2) is 7.26. The molecule has 1 aromatic carbocycles. The Morgan fingerprint density at radius 3 is 2.61 bits per heavy atom. The van der Waals surface area contributed by atoms with Gasteiger partial charge in [0.05, 0.1) is 18.6 Å². The molecule has 0 unspecified atom stereocenters. The van der Waals surface area contributed by atoms with Crippen LogP contribution in [0.1, 0.15) is 37.7 Å². The molecule has 0 saturated heterocycles. The fraction of sp³-hybridized carbons (Fsp3) is 0.421.